The van der Waals surface area contributed by atoms with E-state index in [1.165, 1.54) is 12.1 Å². The minimum Gasteiger partial charge on any atom is -0.303 e. The van der Waals surface area contributed by atoms with E-state index in [4.69, 9.17) is 0 Å². The third-order valence-corrected chi connectivity index (χ3v) is 2.45. The number of rotatable bonds is 3. The Balaban J connectivity index is 2.27. The lowest BCUT2D eigenvalue weighted by Crippen LogP contribution is -1.85. The van der Waals surface area contributed by atoms with Crippen LogP contribution in [0.2, 0.25) is 0 Å². The first kappa shape index (κ1) is 10.6. The molecule has 0 bridgehead atoms. The molecule has 0 saturated heterocycles. The van der Waals surface area contributed by atoms with Crippen molar-refractivity contribution < 1.29 is 9.18 Å². The first-order valence-corrected chi connectivity index (χ1v) is 5.08. The average molecular weight is 214 g/mol. The van der Waals surface area contributed by atoms with Crippen molar-refractivity contribution in [2.24, 2.45) is 0 Å². The summed E-state index contributed by atoms with van der Waals surface area (Å²) in [6, 6.07) is 14.1. The number of hydrogen-bond acceptors (Lipinski definition) is 1. The number of halogens is 1. The molecule has 2 aromatic carbocycles. The van der Waals surface area contributed by atoms with Crippen LogP contribution in [0.3, 0.4) is 0 Å². The molecule has 0 aliphatic carbocycles. The van der Waals surface area contributed by atoms with Crippen molar-refractivity contribution in [3.8, 4) is 11.1 Å². The van der Waals surface area contributed by atoms with Crippen molar-refractivity contribution in [3.63, 3.8) is 0 Å². The molecule has 0 N–H and O–H groups in total. The summed E-state index contributed by atoms with van der Waals surface area (Å²) in [5.74, 6) is -0.235. The SMILES string of the molecule is O=CCc1ccc(-c2ccc(F)cc2)cc1. The van der Waals surface area contributed by atoms with Crippen LogP contribution in [0.4, 0.5) is 4.39 Å². The second-order valence-electron chi connectivity index (χ2n) is 3.57. The number of hydrogen-bond donors (Lipinski definition) is 0. The van der Waals surface area contributed by atoms with Crippen molar-refractivity contribution >= 4 is 6.29 Å². The fraction of sp³-hybridized carbons (Fsp3) is 0.0714. The molecule has 0 saturated carbocycles. The maximum Gasteiger partial charge on any atom is 0.124 e. The quantitative estimate of drug-likeness (QED) is 0.717. The monoisotopic (exact) mass is 214 g/mol. The molecule has 0 amide bonds. The lowest BCUT2D eigenvalue weighted by atomic mass is 10.0. The molecular formula is C14H11FO. The van der Waals surface area contributed by atoms with Crippen LogP contribution in [0.1, 0.15) is 5.56 Å². The van der Waals surface area contributed by atoms with Gasteiger partial charge in [-0.25, -0.2) is 4.39 Å². The highest BCUT2D eigenvalue weighted by Crippen LogP contribution is 2.20. The van der Waals surface area contributed by atoms with Crippen molar-refractivity contribution in [1.29, 1.82) is 0 Å². The van der Waals surface area contributed by atoms with E-state index in [2.05, 4.69) is 0 Å². The maximum atomic E-state index is 12.7. The van der Waals surface area contributed by atoms with Gasteiger partial charge >= 0.3 is 0 Å². The van der Waals surface area contributed by atoms with E-state index < -0.39 is 0 Å². The van der Waals surface area contributed by atoms with E-state index in [1.807, 2.05) is 24.3 Å². The second-order valence-corrected chi connectivity index (χ2v) is 3.57. The van der Waals surface area contributed by atoms with Crippen molar-refractivity contribution in [2.45, 2.75) is 6.42 Å². The molecule has 0 aliphatic heterocycles. The van der Waals surface area contributed by atoms with Gasteiger partial charge in [-0.2, -0.15) is 0 Å². The normalized spacial score (nSPS) is 10.1. The Morgan fingerprint density at radius 2 is 1.38 bits per heavy atom. The summed E-state index contributed by atoms with van der Waals surface area (Å²) in [4.78, 5) is 10.3. The molecule has 0 aromatic heterocycles. The fourth-order valence-electron chi connectivity index (χ4n) is 1.57. The molecule has 0 aliphatic rings. The molecule has 16 heavy (non-hydrogen) atoms. The van der Waals surface area contributed by atoms with Gasteiger partial charge in [-0.05, 0) is 28.8 Å². The van der Waals surface area contributed by atoms with Crippen LogP contribution in [0, 0.1) is 5.82 Å². The highest BCUT2D eigenvalue weighted by molar-refractivity contribution is 5.64. The van der Waals surface area contributed by atoms with Crippen LogP contribution < -0.4 is 0 Å². The Labute approximate surface area is 93.5 Å². The summed E-state index contributed by atoms with van der Waals surface area (Å²) in [7, 11) is 0. The van der Waals surface area contributed by atoms with E-state index in [1.54, 1.807) is 12.1 Å². The van der Waals surface area contributed by atoms with Gasteiger partial charge in [0.05, 0.1) is 0 Å². The van der Waals surface area contributed by atoms with Crippen LogP contribution >= 0.6 is 0 Å². The number of carbonyl (C=O) groups is 1. The molecule has 2 rings (SSSR count). The predicted octanol–water partition coefficient (Wildman–Crippen LogP) is 3.23. The summed E-state index contributed by atoms with van der Waals surface area (Å²) in [6.07, 6.45) is 1.32. The highest BCUT2D eigenvalue weighted by atomic mass is 19.1. The predicted molar refractivity (Wildman–Crippen MR) is 61.6 cm³/mol. The standard InChI is InChI=1S/C14H11FO/c15-14-7-5-13(6-8-14)12-3-1-11(2-4-12)9-10-16/h1-8,10H,9H2. The first-order chi connectivity index (χ1) is 7.79. The van der Waals surface area contributed by atoms with E-state index in [0.29, 0.717) is 6.42 Å². The molecule has 0 unspecified atom stereocenters. The van der Waals surface area contributed by atoms with Crippen LogP contribution in [0.25, 0.3) is 11.1 Å². The largest absolute Gasteiger partial charge is 0.303 e. The van der Waals surface area contributed by atoms with E-state index in [-0.39, 0.29) is 5.82 Å². The molecule has 1 nitrogen and oxygen atoms in total. The average Bonchev–Trinajstić information content (AvgIpc) is 2.32. The summed E-state index contributed by atoms with van der Waals surface area (Å²) in [5, 5.41) is 0. The van der Waals surface area contributed by atoms with Crippen LogP contribution in [0.15, 0.2) is 48.5 Å². The molecule has 0 spiro atoms. The van der Waals surface area contributed by atoms with Gasteiger partial charge in [0.15, 0.2) is 0 Å². The molecular weight excluding hydrogens is 203 g/mol. The minimum atomic E-state index is -0.235. The number of carbonyl (C=O) groups excluding carboxylic acids is 1. The second kappa shape index (κ2) is 4.71. The summed E-state index contributed by atoms with van der Waals surface area (Å²) < 4.78 is 12.7. The summed E-state index contributed by atoms with van der Waals surface area (Å²) in [5.41, 5.74) is 2.98. The Morgan fingerprint density at radius 1 is 0.875 bits per heavy atom. The molecule has 0 radical (unpaired) electrons. The summed E-state index contributed by atoms with van der Waals surface area (Å²) >= 11 is 0. The van der Waals surface area contributed by atoms with E-state index >= 15 is 0 Å². The zero-order valence-corrected chi connectivity index (χ0v) is 8.69. The number of aldehydes is 1. The molecule has 2 heteroatoms. The minimum absolute atomic E-state index is 0.235. The smallest absolute Gasteiger partial charge is 0.124 e. The highest BCUT2D eigenvalue weighted by Gasteiger charge is 1.98. The lowest BCUT2D eigenvalue weighted by molar-refractivity contribution is -0.107. The van der Waals surface area contributed by atoms with Gasteiger partial charge in [0.2, 0.25) is 0 Å². The lowest BCUT2D eigenvalue weighted by Gasteiger charge is -2.02. The van der Waals surface area contributed by atoms with Crippen molar-refractivity contribution in [2.75, 3.05) is 0 Å². The Bertz CT molecular complexity index is 471. The Kier molecular flexibility index (Phi) is 3.10. The van der Waals surface area contributed by atoms with Crippen LogP contribution in [0.5, 0.6) is 0 Å². The topological polar surface area (TPSA) is 17.1 Å². The van der Waals surface area contributed by atoms with Gasteiger partial charge in [-0.1, -0.05) is 36.4 Å². The zero-order chi connectivity index (χ0) is 11.4. The third kappa shape index (κ3) is 2.34. The van der Waals surface area contributed by atoms with Gasteiger partial charge in [0.1, 0.15) is 12.1 Å². The van der Waals surface area contributed by atoms with Gasteiger partial charge in [-0.15, -0.1) is 0 Å². The molecule has 80 valence electrons. The third-order valence-electron chi connectivity index (χ3n) is 2.45. The molecule has 2 aromatic rings. The Morgan fingerprint density at radius 3 is 1.88 bits per heavy atom. The van der Waals surface area contributed by atoms with Gasteiger partial charge in [0.25, 0.3) is 0 Å². The maximum absolute atomic E-state index is 12.7. The fourth-order valence-corrected chi connectivity index (χ4v) is 1.57. The molecule has 0 heterocycles. The van der Waals surface area contributed by atoms with E-state index in [9.17, 15) is 9.18 Å². The molecule has 0 atom stereocenters. The van der Waals surface area contributed by atoms with Gasteiger partial charge in [0, 0.05) is 6.42 Å². The van der Waals surface area contributed by atoms with Gasteiger partial charge in [-0.3, -0.25) is 0 Å². The van der Waals surface area contributed by atoms with Gasteiger partial charge < -0.3 is 4.79 Å². The zero-order valence-electron chi connectivity index (χ0n) is 8.69. The van der Waals surface area contributed by atoms with Crippen LogP contribution in [-0.4, -0.2) is 6.29 Å². The summed E-state index contributed by atoms with van der Waals surface area (Å²) in [6.45, 7) is 0. The Hall–Kier alpha value is -1.96. The van der Waals surface area contributed by atoms with Crippen LogP contribution in [-0.2, 0) is 11.2 Å². The molecule has 0 fully saturated rings. The number of benzene rings is 2. The van der Waals surface area contributed by atoms with Crippen molar-refractivity contribution in [1.82, 2.24) is 0 Å². The first-order valence-electron chi connectivity index (χ1n) is 5.08. The van der Waals surface area contributed by atoms with Crippen molar-refractivity contribution in [3.05, 3.63) is 59.9 Å². The van der Waals surface area contributed by atoms with E-state index in [0.717, 1.165) is 23.0 Å².